The predicted octanol–water partition coefficient (Wildman–Crippen LogP) is 3.30. The minimum atomic E-state index is -3.71. The van der Waals surface area contributed by atoms with Gasteiger partial charge in [-0.05, 0) is 31.7 Å². The molecule has 0 amide bonds. The quantitative estimate of drug-likeness (QED) is 0.767. The van der Waals surface area contributed by atoms with Crippen LogP contribution >= 0.6 is 23.2 Å². The first-order chi connectivity index (χ1) is 9.73. The number of nitrogens with one attached hydrogen (secondary N) is 1. The SMILES string of the molecule is C=C(C)CN(CC)S(=O)(=O)c1cc(Cl)cc(CNC)c1Cl. The van der Waals surface area contributed by atoms with Crippen LogP contribution in [0.4, 0.5) is 0 Å². The predicted molar refractivity (Wildman–Crippen MR) is 88.5 cm³/mol. The van der Waals surface area contributed by atoms with Crippen molar-refractivity contribution in [2.75, 3.05) is 20.1 Å². The number of nitrogens with zero attached hydrogens (tertiary/aromatic N) is 1. The van der Waals surface area contributed by atoms with Crippen molar-refractivity contribution >= 4 is 33.2 Å². The highest BCUT2D eigenvalue weighted by atomic mass is 35.5. The fourth-order valence-electron chi connectivity index (χ4n) is 1.93. The van der Waals surface area contributed by atoms with Crippen molar-refractivity contribution in [1.82, 2.24) is 9.62 Å². The van der Waals surface area contributed by atoms with Gasteiger partial charge in [0.05, 0.1) is 5.02 Å². The lowest BCUT2D eigenvalue weighted by Gasteiger charge is -2.22. The Balaban J connectivity index is 3.39. The molecule has 0 bridgehead atoms. The standard InChI is InChI=1S/C14H20Cl2N2O2S/c1-5-18(9-10(2)3)21(19,20)13-7-12(15)6-11(8-17-4)14(13)16/h6-7,17H,2,5,8-9H2,1,3-4H3. The van der Waals surface area contributed by atoms with E-state index in [2.05, 4.69) is 11.9 Å². The van der Waals surface area contributed by atoms with Gasteiger partial charge in [0.1, 0.15) is 4.90 Å². The molecule has 21 heavy (non-hydrogen) atoms. The summed E-state index contributed by atoms with van der Waals surface area (Å²) in [6.45, 7) is 8.34. The smallest absolute Gasteiger partial charge is 0.244 e. The van der Waals surface area contributed by atoms with Crippen molar-refractivity contribution in [2.45, 2.75) is 25.3 Å². The molecule has 0 fully saturated rings. The summed E-state index contributed by atoms with van der Waals surface area (Å²) < 4.78 is 26.8. The van der Waals surface area contributed by atoms with Crippen molar-refractivity contribution in [2.24, 2.45) is 0 Å². The molecule has 0 saturated heterocycles. The topological polar surface area (TPSA) is 49.4 Å². The summed E-state index contributed by atoms with van der Waals surface area (Å²) in [4.78, 5) is 0.0324. The largest absolute Gasteiger partial charge is 0.316 e. The first kappa shape index (κ1) is 18.5. The molecule has 0 unspecified atom stereocenters. The molecule has 0 heterocycles. The first-order valence-corrected chi connectivity index (χ1v) is 8.70. The van der Waals surface area contributed by atoms with E-state index in [1.165, 1.54) is 10.4 Å². The highest BCUT2D eigenvalue weighted by Gasteiger charge is 2.27. The van der Waals surface area contributed by atoms with E-state index >= 15 is 0 Å². The summed E-state index contributed by atoms with van der Waals surface area (Å²) >= 11 is 12.3. The minimum absolute atomic E-state index is 0.0324. The van der Waals surface area contributed by atoms with E-state index in [9.17, 15) is 8.42 Å². The van der Waals surface area contributed by atoms with E-state index in [0.717, 1.165) is 5.57 Å². The maximum Gasteiger partial charge on any atom is 0.244 e. The Kier molecular flexibility index (Phi) is 6.69. The Morgan fingerprint density at radius 1 is 1.38 bits per heavy atom. The van der Waals surface area contributed by atoms with Crippen LogP contribution in [-0.4, -0.2) is 32.9 Å². The third-order valence-corrected chi connectivity index (χ3v) is 5.58. The molecular weight excluding hydrogens is 331 g/mol. The van der Waals surface area contributed by atoms with Gasteiger partial charge in [-0.1, -0.05) is 42.3 Å². The molecule has 0 atom stereocenters. The first-order valence-electron chi connectivity index (χ1n) is 6.51. The van der Waals surface area contributed by atoms with Gasteiger partial charge in [0.2, 0.25) is 10.0 Å². The van der Waals surface area contributed by atoms with Crippen LogP contribution in [0.1, 0.15) is 19.4 Å². The number of rotatable bonds is 7. The molecule has 1 N–H and O–H groups in total. The van der Waals surface area contributed by atoms with Crippen molar-refractivity contribution < 1.29 is 8.42 Å². The van der Waals surface area contributed by atoms with Crippen molar-refractivity contribution in [3.63, 3.8) is 0 Å². The highest BCUT2D eigenvalue weighted by molar-refractivity contribution is 7.89. The minimum Gasteiger partial charge on any atom is -0.316 e. The number of hydrogen-bond donors (Lipinski definition) is 1. The molecule has 1 rings (SSSR count). The summed E-state index contributed by atoms with van der Waals surface area (Å²) in [6.07, 6.45) is 0. The van der Waals surface area contributed by atoms with Gasteiger partial charge < -0.3 is 5.32 Å². The lowest BCUT2D eigenvalue weighted by molar-refractivity contribution is 0.453. The third-order valence-electron chi connectivity index (χ3n) is 2.86. The van der Waals surface area contributed by atoms with Gasteiger partial charge in [-0.15, -0.1) is 0 Å². The lowest BCUT2D eigenvalue weighted by atomic mass is 10.2. The van der Waals surface area contributed by atoms with E-state index in [0.29, 0.717) is 23.7 Å². The molecular formula is C14H20Cl2N2O2S. The molecule has 0 aromatic heterocycles. The number of likely N-dealkylation sites (N-methyl/N-ethyl adjacent to an activating group) is 1. The zero-order valence-electron chi connectivity index (χ0n) is 12.4. The molecule has 1 aromatic rings. The van der Waals surface area contributed by atoms with Gasteiger partial charge in [0.25, 0.3) is 0 Å². The van der Waals surface area contributed by atoms with Gasteiger partial charge in [0, 0.05) is 24.7 Å². The number of hydrogen-bond acceptors (Lipinski definition) is 3. The normalized spacial score (nSPS) is 11.9. The summed E-state index contributed by atoms with van der Waals surface area (Å²) in [5.74, 6) is 0. The monoisotopic (exact) mass is 350 g/mol. The molecule has 0 saturated carbocycles. The zero-order chi connectivity index (χ0) is 16.2. The maximum atomic E-state index is 12.7. The van der Waals surface area contributed by atoms with E-state index in [1.807, 2.05) is 0 Å². The van der Waals surface area contributed by atoms with E-state index in [-0.39, 0.29) is 16.5 Å². The van der Waals surface area contributed by atoms with Crippen LogP contribution in [0.15, 0.2) is 29.2 Å². The van der Waals surface area contributed by atoms with E-state index in [4.69, 9.17) is 23.2 Å². The van der Waals surface area contributed by atoms with Crippen LogP contribution in [0.25, 0.3) is 0 Å². The fraction of sp³-hybridized carbons (Fsp3) is 0.429. The number of benzene rings is 1. The molecule has 0 radical (unpaired) electrons. The van der Waals surface area contributed by atoms with Crippen LogP contribution in [-0.2, 0) is 16.6 Å². The van der Waals surface area contributed by atoms with E-state index in [1.54, 1.807) is 27.0 Å². The van der Waals surface area contributed by atoms with Gasteiger partial charge >= 0.3 is 0 Å². The number of halogens is 2. The zero-order valence-corrected chi connectivity index (χ0v) is 14.7. The van der Waals surface area contributed by atoms with Crippen LogP contribution in [0, 0.1) is 0 Å². The Morgan fingerprint density at radius 3 is 2.48 bits per heavy atom. The van der Waals surface area contributed by atoms with Crippen molar-refractivity contribution in [3.8, 4) is 0 Å². The second-order valence-electron chi connectivity index (χ2n) is 4.80. The molecule has 7 heteroatoms. The molecule has 1 aromatic carbocycles. The summed E-state index contributed by atoms with van der Waals surface area (Å²) in [6, 6.07) is 3.05. The average molecular weight is 351 g/mol. The third kappa shape index (κ3) is 4.44. The van der Waals surface area contributed by atoms with Crippen LogP contribution < -0.4 is 5.32 Å². The second kappa shape index (κ2) is 7.61. The molecule has 0 aliphatic rings. The molecule has 118 valence electrons. The Bertz CT molecular complexity index is 630. The molecule has 0 aliphatic carbocycles. The average Bonchev–Trinajstić information content (AvgIpc) is 2.39. The molecule has 4 nitrogen and oxygen atoms in total. The van der Waals surface area contributed by atoms with Crippen molar-refractivity contribution in [3.05, 3.63) is 39.9 Å². The van der Waals surface area contributed by atoms with Gasteiger partial charge in [-0.3, -0.25) is 0 Å². The van der Waals surface area contributed by atoms with Crippen LogP contribution in [0.5, 0.6) is 0 Å². The maximum absolute atomic E-state index is 12.7. The van der Waals surface area contributed by atoms with Gasteiger partial charge in [-0.2, -0.15) is 4.31 Å². The van der Waals surface area contributed by atoms with Crippen LogP contribution in [0.2, 0.25) is 10.0 Å². The fourth-order valence-corrected chi connectivity index (χ4v) is 4.35. The van der Waals surface area contributed by atoms with E-state index < -0.39 is 10.0 Å². The summed E-state index contributed by atoms with van der Waals surface area (Å²) in [5, 5.41) is 3.49. The summed E-state index contributed by atoms with van der Waals surface area (Å²) in [5.41, 5.74) is 1.41. The molecule has 0 aliphatic heterocycles. The van der Waals surface area contributed by atoms with Gasteiger partial charge in [0.15, 0.2) is 0 Å². The van der Waals surface area contributed by atoms with Gasteiger partial charge in [-0.25, -0.2) is 8.42 Å². The highest BCUT2D eigenvalue weighted by Crippen LogP contribution is 2.31. The number of sulfonamides is 1. The Morgan fingerprint density at radius 2 is 2.00 bits per heavy atom. The Hall–Kier alpha value is -0.590. The van der Waals surface area contributed by atoms with Crippen LogP contribution in [0.3, 0.4) is 0 Å². The second-order valence-corrected chi connectivity index (χ2v) is 7.52. The molecule has 0 spiro atoms. The Labute approximate surface area is 136 Å². The lowest BCUT2D eigenvalue weighted by Crippen LogP contribution is -2.32. The summed E-state index contributed by atoms with van der Waals surface area (Å²) in [7, 11) is -1.96. The van der Waals surface area contributed by atoms with Crippen molar-refractivity contribution in [1.29, 1.82) is 0 Å².